The Hall–Kier alpha value is 0. The fraction of sp³-hybridized carbons (Fsp3) is 1.00. The summed E-state index contributed by atoms with van der Waals surface area (Å²) >= 11 is 0. The van der Waals surface area contributed by atoms with Crippen molar-refractivity contribution in [1.82, 2.24) is 0 Å². The van der Waals surface area contributed by atoms with E-state index in [1.807, 2.05) is 0 Å². The van der Waals surface area contributed by atoms with Gasteiger partial charge in [0.25, 0.3) is 0 Å². The van der Waals surface area contributed by atoms with E-state index >= 15 is 0 Å². The SMILES string of the molecule is CCC(C)C(C)C(C)CC(C)(C)CC. The van der Waals surface area contributed by atoms with E-state index in [0.29, 0.717) is 5.41 Å². The summed E-state index contributed by atoms with van der Waals surface area (Å²) in [6.45, 7) is 16.6. The summed E-state index contributed by atoms with van der Waals surface area (Å²) in [5.41, 5.74) is 0.529. The lowest BCUT2D eigenvalue weighted by Crippen LogP contribution is -2.22. The van der Waals surface area contributed by atoms with E-state index in [4.69, 9.17) is 0 Å². The molecule has 0 nitrogen and oxygen atoms in total. The van der Waals surface area contributed by atoms with Gasteiger partial charge in [0.05, 0.1) is 0 Å². The fourth-order valence-electron chi connectivity index (χ4n) is 2.13. The first-order chi connectivity index (χ1) is 6.34. The first-order valence-corrected chi connectivity index (χ1v) is 6.34. The molecule has 0 saturated carbocycles. The summed E-state index contributed by atoms with van der Waals surface area (Å²) < 4.78 is 0. The van der Waals surface area contributed by atoms with Crippen molar-refractivity contribution in [3.05, 3.63) is 0 Å². The van der Waals surface area contributed by atoms with Crippen LogP contribution in [0.4, 0.5) is 0 Å². The molecule has 0 bridgehead atoms. The predicted octanol–water partition coefficient (Wildman–Crippen LogP) is 5.13. The Morgan fingerprint density at radius 1 is 0.929 bits per heavy atom. The highest BCUT2D eigenvalue weighted by Gasteiger charge is 2.24. The third kappa shape index (κ3) is 4.48. The highest BCUT2D eigenvalue weighted by molar-refractivity contribution is 4.75. The van der Waals surface area contributed by atoms with Crippen LogP contribution in [-0.4, -0.2) is 0 Å². The molecule has 0 heterocycles. The molecule has 0 aliphatic rings. The first-order valence-electron chi connectivity index (χ1n) is 6.34. The van der Waals surface area contributed by atoms with Crippen LogP contribution in [0.15, 0.2) is 0 Å². The van der Waals surface area contributed by atoms with Gasteiger partial charge in [-0.1, -0.05) is 61.3 Å². The maximum atomic E-state index is 2.42. The largest absolute Gasteiger partial charge is 0.0651 e. The second-order valence-corrected chi connectivity index (χ2v) is 5.94. The standard InChI is InChI=1S/C14H30/c1-8-11(3)13(5)12(4)10-14(6,7)9-2/h11-13H,8-10H2,1-7H3. The summed E-state index contributed by atoms with van der Waals surface area (Å²) in [6.07, 6.45) is 3.98. The molecule has 0 aliphatic carbocycles. The molecule has 0 heteroatoms. The minimum atomic E-state index is 0.529. The Bertz CT molecular complexity index is 146. The molecule has 0 amide bonds. The predicted molar refractivity (Wildman–Crippen MR) is 66.5 cm³/mol. The lowest BCUT2D eigenvalue weighted by molar-refractivity contribution is 0.184. The molecule has 0 radical (unpaired) electrons. The van der Waals surface area contributed by atoms with Gasteiger partial charge in [-0.05, 0) is 29.6 Å². The maximum Gasteiger partial charge on any atom is -0.0354 e. The van der Waals surface area contributed by atoms with Gasteiger partial charge in [-0.3, -0.25) is 0 Å². The Balaban J connectivity index is 4.13. The summed E-state index contributed by atoms with van der Waals surface area (Å²) in [5.74, 6) is 2.60. The van der Waals surface area contributed by atoms with Crippen LogP contribution in [0.5, 0.6) is 0 Å². The first kappa shape index (κ1) is 14.0. The van der Waals surface area contributed by atoms with Crippen molar-refractivity contribution in [2.75, 3.05) is 0 Å². The van der Waals surface area contributed by atoms with Gasteiger partial charge in [0.15, 0.2) is 0 Å². The second kappa shape index (κ2) is 5.78. The van der Waals surface area contributed by atoms with Crippen molar-refractivity contribution in [2.45, 2.75) is 67.7 Å². The molecule has 86 valence electrons. The molecule has 0 N–H and O–H groups in total. The van der Waals surface area contributed by atoms with Gasteiger partial charge in [0.1, 0.15) is 0 Å². The molecular formula is C14H30. The molecule has 0 fully saturated rings. The highest BCUT2D eigenvalue weighted by atomic mass is 14.3. The third-order valence-corrected chi connectivity index (χ3v) is 4.27. The van der Waals surface area contributed by atoms with Crippen LogP contribution in [0.25, 0.3) is 0 Å². The van der Waals surface area contributed by atoms with Crippen molar-refractivity contribution >= 4 is 0 Å². The molecular weight excluding hydrogens is 168 g/mol. The van der Waals surface area contributed by atoms with E-state index < -0.39 is 0 Å². The summed E-state index contributed by atoms with van der Waals surface area (Å²) in [5, 5.41) is 0. The zero-order valence-corrected chi connectivity index (χ0v) is 11.4. The minimum Gasteiger partial charge on any atom is -0.0651 e. The van der Waals surface area contributed by atoms with Crippen LogP contribution >= 0.6 is 0 Å². The van der Waals surface area contributed by atoms with Gasteiger partial charge in [-0.25, -0.2) is 0 Å². The van der Waals surface area contributed by atoms with E-state index in [-0.39, 0.29) is 0 Å². The lowest BCUT2D eigenvalue weighted by atomic mass is 9.73. The smallest absolute Gasteiger partial charge is 0.0354 e. The van der Waals surface area contributed by atoms with E-state index in [9.17, 15) is 0 Å². The molecule has 0 aromatic carbocycles. The summed E-state index contributed by atoms with van der Waals surface area (Å²) in [4.78, 5) is 0. The average molecular weight is 198 g/mol. The van der Waals surface area contributed by atoms with Gasteiger partial charge in [0, 0.05) is 0 Å². The van der Waals surface area contributed by atoms with E-state index in [0.717, 1.165) is 17.8 Å². The van der Waals surface area contributed by atoms with Gasteiger partial charge < -0.3 is 0 Å². The van der Waals surface area contributed by atoms with Gasteiger partial charge in [0.2, 0.25) is 0 Å². The normalized spacial score (nSPS) is 19.1. The summed E-state index contributed by atoms with van der Waals surface area (Å²) in [6, 6.07) is 0. The monoisotopic (exact) mass is 198 g/mol. The molecule has 0 rings (SSSR count). The topological polar surface area (TPSA) is 0 Å². The Labute approximate surface area is 91.5 Å². The van der Waals surface area contributed by atoms with Crippen LogP contribution < -0.4 is 0 Å². The van der Waals surface area contributed by atoms with Crippen LogP contribution in [0, 0.1) is 23.2 Å². The zero-order chi connectivity index (χ0) is 11.4. The average Bonchev–Trinajstić information content (AvgIpc) is 2.14. The molecule has 0 aromatic rings. The molecule has 3 unspecified atom stereocenters. The molecule has 0 spiro atoms. The van der Waals surface area contributed by atoms with Crippen molar-refractivity contribution in [3.8, 4) is 0 Å². The van der Waals surface area contributed by atoms with Crippen molar-refractivity contribution in [2.24, 2.45) is 23.2 Å². The van der Waals surface area contributed by atoms with Gasteiger partial charge in [-0.15, -0.1) is 0 Å². The third-order valence-electron chi connectivity index (χ3n) is 4.27. The van der Waals surface area contributed by atoms with Crippen molar-refractivity contribution < 1.29 is 0 Å². The number of hydrogen-bond donors (Lipinski definition) is 0. The summed E-state index contributed by atoms with van der Waals surface area (Å²) in [7, 11) is 0. The maximum absolute atomic E-state index is 2.42. The van der Waals surface area contributed by atoms with Crippen LogP contribution in [0.1, 0.15) is 67.7 Å². The highest BCUT2D eigenvalue weighted by Crippen LogP contribution is 2.35. The molecule has 0 aliphatic heterocycles. The Morgan fingerprint density at radius 3 is 1.79 bits per heavy atom. The zero-order valence-electron chi connectivity index (χ0n) is 11.4. The second-order valence-electron chi connectivity index (χ2n) is 5.94. The molecule has 14 heavy (non-hydrogen) atoms. The van der Waals surface area contributed by atoms with Crippen molar-refractivity contribution in [3.63, 3.8) is 0 Å². The van der Waals surface area contributed by atoms with E-state index in [1.165, 1.54) is 19.3 Å². The van der Waals surface area contributed by atoms with Crippen molar-refractivity contribution in [1.29, 1.82) is 0 Å². The fourth-order valence-corrected chi connectivity index (χ4v) is 2.13. The van der Waals surface area contributed by atoms with E-state index in [1.54, 1.807) is 0 Å². The Morgan fingerprint density at radius 2 is 1.43 bits per heavy atom. The lowest BCUT2D eigenvalue weighted by Gasteiger charge is -2.32. The van der Waals surface area contributed by atoms with Gasteiger partial charge in [-0.2, -0.15) is 0 Å². The Kier molecular flexibility index (Phi) is 5.78. The van der Waals surface area contributed by atoms with Crippen LogP contribution in [-0.2, 0) is 0 Å². The molecule has 3 atom stereocenters. The van der Waals surface area contributed by atoms with Crippen LogP contribution in [0.3, 0.4) is 0 Å². The molecule has 0 saturated heterocycles. The minimum absolute atomic E-state index is 0.529. The van der Waals surface area contributed by atoms with E-state index in [2.05, 4.69) is 48.5 Å². The molecule has 0 aromatic heterocycles. The van der Waals surface area contributed by atoms with Gasteiger partial charge >= 0.3 is 0 Å². The van der Waals surface area contributed by atoms with Crippen LogP contribution in [0.2, 0.25) is 0 Å². The quantitative estimate of drug-likeness (QED) is 0.555. The number of rotatable bonds is 6. The number of hydrogen-bond acceptors (Lipinski definition) is 0.